The molecule has 8 heteroatoms. The molecule has 0 amide bonds. The van der Waals surface area contributed by atoms with E-state index in [4.69, 9.17) is 15.7 Å². The fourth-order valence-corrected chi connectivity index (χ4v) is 1.46. The average Bonchev–Trinajstić information content (AvgIpc) is 2.37. The van der Waals surface area contributed by atoms with E-state index < -0.39 is 4.92 Å². The fourth-order valence-electron chi connectivity index (χ4n) is 1.46. The number of nitrogens with two attached hydrogens (primary N) is 1. The Balaban J connectivity index is 2.93. The van der Waals surface area contributed by atoms with E-state index in [1.54, 1.807) is 6.07 Å². The van der Waals surface area contributed by atoms with Gasteiger partial charge in [0.2, 0.25) is 0 Å². The summed E-state index contributed by atoms with van der Waals surface area (Å²) in [5, 5.41) is 22.8. The summed E-state index contributed by atoms with van der Waals surface area (Å²) in [7, 11) is 1.50. The third-order valence-electron chi connectivity index (χ3n) is 2.25. The number of nitrogens with zero attached hydrogens (tertiary/aromatic N) is 1. The summed E-state index contributed by atoms with van der Waals surface area (Å²) in [6, 6.07) is 3.93. The lowest BCUT2D eigenvalue weighted by Gasteiger charge is -2.17. The van der Waals surface area contributed by atoms with E-state index in [1.807, 2.05) is 0 Å². The second-order valence-corrected chi connectivity index (χ2v) is 3.65. The van der Waals surface area contributed by atoms with Crippen molar-refractivity contribution in [1.29, 1.82) is 0 Å². The number of nitrogen functional groups attached to an aromatic ring is 1. The number of aliphatic hydroxyl groups excluding tert-OH is 1. The van der Waals surface area contributed by atoms with Crippen LogP contribution in [0, 0.1) is 10.1 Å². The van der Waals surface area contributed by atoms with Crippen LogP contribution in [0.2, 0.25) is 0 Å². The van der Waals surface area contributed by atoms with E-state index in [9.17, 15) is 10.1 Å². The van der Waals surface area contributed by atoms with E-state index in [0.29, 0.717) is 11.4 Å². The lowest BCUT2D eigenvalue weighted by molar-refractivity contribution is -0.384. The van der Waals surface area contributed by atoms with E-state index in [1.165, 1.54) is 19.2 Å². The summed E-state index contributed by atoms with van der Waals surface area (Å²) in [6.45, 7) is 0.131. The van der Waals surface area contributed by atoms with E-state index >= 15 is 0 Å². The highest BCUT2D eigenvalue weighted by Crippen LogP contribution is 2.24. The first-order chi connectivity index (χ1) is 8.60. The first-order valence-corrected chi connectivity index (χ1v) is 5.23. The zero-order chi connectivity index (χ0) is 13.5. The second kappa shape index (κ2) is 6.74. The molecule has 0 bridgehead atoms. The number of nitrogens with one attached hydrogen (secondary N) is 2. The summed E-state index contributed by atoms with van der Waals surface area (Å²) >= 11 is 0. The van der Waals surface area contributed by atoms with E-state index in [2.05, 4.69) is 10.7 Å². The standard InChI is InChI=1S/C10H16N4O4/c1-18-6-9(5-15)12-7-2-8(13-11)4-10(3-7)14(16)17/h2-4,9,12-13,15H,5-6,11H2,1H3. The molecule has 1 aromatic rings. The molecule has 0 saturated carbocycles. The monoisotopic (exact) mass is 256 g/mol. The summed E-state index contributed by atoms with van der Waals surface area (Å²) in [5.74, 6) is 5.24. The number of ether oxygens (including phenoxy) is 1. The SMILES string of the molecule is COCC(CO)Nc1cc(NN)cc([N+](=O)[O-])c1. The van der Waals surface area contributed by atoms with Crippen molar-refractivity contribution >= 4 is 17.1 Å². The van der Waals surface area contributed by atoms with Gasteiger partial charge in [-0.3, -0.25) is 16.0 Å². The van der Waals surface area contributed by atoms with Crippen molar-refractivity contribution in [2.75, 3.05) is 31.1 Å². The van der Waals surface area contributed by atoms with Gasteiger partial charge in [-0.2, -0.15) is 0 Å². The number of benzene rings is 1. The van der Waals surface area contributed by atoms with Crippen molar-refractivity contribution in [3.63, 3.8) is 0 Å². The molecule has 1 atom stereocenters. The number of hydrazine groups is 1. The Hall–Kier alpha value is -1.90. The second-order valence-electron chi connectivity index (χ2n) is 3.65. The van der Waals surface area contributed by atoms with Crippen LogP contribution in [0.1, 0.15) is 0 Å². The molecule has 0 saturated heterocycles. The highest BCUT2D eigenvalue weighted by Gasteiger charge is 2.12. The van der Waals surface area contributed by atoms with Gasteiger partial charge in [0, 0.05) is 24.9 Å². The Kier molecular flexibility index (Phi) is 5.31. The molecular weight excluding hydrogens is 240 g/mol. The lowest BCUT2D eigenvalue weighted by Crippen LogP contribution is -2.28. The van der Waals surface area contributed by atoms with Gasteiger partial charge in [-0.05, 0) is 6.07 Å². The van der Waals surface area contributed by atoms with Crippen LogP contribution in [-0.2, 0) is 4.74 Å². The zero-order valence-electron chi connectivity index (χ0n) is 9.92. The Labute approximate surface area is 104 Å². The van der Waals surface area contributed by atoms with Crippen molar-refractivity contribution in [1.82, 2.24) is 0 Å². The van der Waals surface area contributed by atoms with Gasteiger partial charge in [-0.15, -0.1) is 0 Å². The highest BCUT2D eigenvalue weighted by molar-refractivity contribution is 5.63. The maximum atomic E-state index is 10.7. The van der Waals surface area contributed by atoms with Crippen molar-refractivity contribution in [3.05, 3.63) is 28.3 Å². The van der Waals surface area contributed by atoms with Gasteiger partial charge in [-0.1, -0.05) is 0 Å². The third kappa shape index (κ3) is 3.84. The van der Waals surface area contributed by atoms with Gasteiger partial charge in [0.15, 0.2) is 0 Å². The topological polar surface area (TPSA) is 123 Å². The lowest BCUT2D eigenvalue weighted by atomic mass is 10.2. The van der Waals surface area contributed by atoms with Crippen molar-refractivity contribution < 1.29 is 14.8 Å². The van der Waals surface area contributed by atoms with Crippen LogP contribution in [0.5, 0.6) is 0 Å². The normalized spacial score (nSPS) is 11.9. The van der Waals surface area contributed by atoms with Crippen molar-refractivity contribution in [2.24, 2.45) is 5.84 Å². The van der Waals surface area contributed by atoms with E-state index in [-0.39, 0.29) is 24.9 Å². The predicted octanol–water partition coefficient (Wildman–Crippen LogP) is 0.300. The molecule has 1 rings (SSSR count). The molecule has 8 nitrogen and oxygen atoms in total. The molecule has 0 aliphatic heterocycles. The largest absolute Gasteiger partial charge is 0.394 e. The molecule has 0 spiro atoms. The maximum Gasteiger partial charge on any atom is 0.273 e. The number of anilines is 2. The smallest absolute Gasteiger partial charge is 0.273 e. The number of nitro groups is 1. The Morgan fingerprint density at radius 3 is 2.67 bits per heavy atom. The molecular formula is C10H16N4O4. The summed E-state index contributed by atoms with van der Waals surface area (Å²) in [4.78, 5) is 10.2. The Morgan fingerprint density at radius 1 is 1.50 bits per heavy atom. The highest BCUT2D eigenvalue weighted by atomic mass is 16.6. The van der Waals surface area contributed by atoms with Gasteiger partial charge in [-0.25, -0.2) is 0 Å². The van der Waals surface area contributed by atoms with Crippen LogP contribution >= 0.6 is 0 Å². The molecule has 0 aromatic heterocycles. The summed E-state index contributed by atoms with van der Waals surface area (Å²) in [6.07, 6.45) is 0. The minimum absolute atomic E-state index is 0.0953. The van der Waals surface area contributed by atoms with Crippen LogP contribution in [0.15, 0.2) is 18.2 Å². The first-order valence-electron chi connectivity index (χ1n) is 5.23. The van der Waals surface area contributed by atoms with Crippen LogP contribution in [0.3, 0.4) is 0 Å². The minimum atomic E-state index is -0.518. The molecule has 5 N–H and O–H groups in total. The number of hydrogen-bond donors (Lipinski definition) is 4. The number of methoxy groups -OCH3 is 1. The molecule has 0 fully saturated rings. The Bertz CT molecular complexity index is 413. The molecule has 18 heavy (non-hydrogen) atoms. The third-order valence-corrected chi connectivity index (χ3v) is 2.25. The average molecular weight is 256 g/mol. The van der Waals surface area contributed by atoms with Crippen molar-refractivity contribution in [2.45, 2.75) is 6.04 Å². The molecule has 0 aliphatic carbocycles. The number of aliphatic hydroxyl groups is 1. The van der Waals surface area contributed by atoms with E-state index in [0.717, 1.165) is 0 Å². The molecule has 1 aromatic carbocycles. The molecule has 0 radical (unpaired) electrons. The van der Waals surface area contributed by atoms with Crippen LogP contribution in [0.25, 0.3) is 0 Å². The quantitative estimate of drug-likeness (QED) is 0.314. The molecule has 1 unspecified atom stereocenters. The predicted molar refractivity (Wildman–Crippen MR) is 67.3 cm³/mol. The maximum absolute atomic E-state index is 10.7. The van der Waals surface area contributed by atoms with Crippen LogP contribution in [0.4, 0.5) is 17.1 Å². The number of nitro benzene ring substituents is 1. The number of rotatable bonds is 7. The Morgan fingerprint density at radius 2 is 2.17 bits per heavy atom. The van der Waals surface area contributed by atoms with Crippen molar-refractivity contribution in [3.8, 4) is 0 Å². The molecule has 100 valence electrons. The van der Waals surface area contributed by atoms with Crippen LogP contribution in [-0.4, -0.2) is 36.4 Å². The number of hydrogen-bond acceptors (Lipinski definition) is 7. The minimum Gasteiger partial charge on any atom is -0.394 e. The van der Waals surface area contributed by atoms with Crippen LogP contribution < -0.4 is 16.6 Å². The summed E-state index contributed by atoms with van der Waals surface area (Å²) in [5.41, 5.74) is 3.14. The van der Waals surface area contributed by atoms with Gasteiger partial charge < -0.3 is 20.6 Å². The fraction of sp³-hybridized carbons (Fsp3) is 0.400. The van der Waals surface area contributed by atoms with Gasteiger partial charge in [0.05, 0.1) is 29.9 Å². The zero-order valence-corrected chi connectivity index (χ0v) is 9.92. The first kappa shape index (κ1) is 14.2. The molecule has 0 aliphatic rings. The molecule has 0 heterocycles. The van der Waals surface area contributed by atoms with Gasteiger partial charge >= 0.3 is 0 Å². The summed E-state index contributed by atoms with van der Waals surface area (Å²) < 4.78 is 4.90. The number of non-ortho nitro benzene ring substituents is 1. The van der Waals surface area contributed by atoms with Gasteiger partial charge in [0.25, 0.3) is 5.69 Å². The van der Waals surface area contributed by atoms with Gasteiger partial charge in [0.1, 0.15) is 0 Å².